The van der Waals surface area contributed by atoms with Crippen molar-refractivity contribution in [2.45, 2.75) is 12.8 Å². The van der Waals surface area contributed by atoms with Crippen LogP contribution in [0.4, 0.5) is 10.1 Å². The molecule has 0 bridgehead atoms. The van der Waals surface area contributed by atoms with Gasteiger partial charge in [-0.2, -0.15) is 0 Å². The summed E-state index contributed by atoms with van der Waals surface area (Å²) in [5.41, 5.74) is 1.01. The fourth-order valence-corrected chi connectivity index (χ4v) is 2.27. The van der Waals surface area contributed by atoms with Crippen LogP contribution >= 0.6 is 0 Å². The Labute approximate surface area is 96.5 Å². The van der Waals surface area contributed by atoms with Crippen LogP contribution in [-0.2, 0) is 0 Å². The first kappa shape index (κ1) is 11.4. The fourth-order valence-electron chi connectivity index (χ4n) is 2.27. The second-order valence-corrected chi connectivity index (χ2v) is 4.66. The third-order valence-electron chi connectivity index (χ3n) is 3.16. The molecule has 1 aromatic carbocycles. The van der Waals surface area contributed by atoms with Crippen molar-refractivity contribution in [1.82, 2.24) is 4.90 Å². The molecule has 1 aliphatic rings. The van der Waals surface area contributed by atoms with Gasteiger partial charge in [0.05, 0.1) is 0 Å². The number of rotatable bonds is 3. The molecular weight excluding hydrogens is 203 g/mol. The second kappa shape index (κ2) is 5.30. The summed E-state index contributed by atoms with van der Waals surface area (Å²) in [6.45, 7) is 3.36. The minimum atomic E-state index is -0.178. The van der Waals surface area contributed by atoms with E-state index in [1.807, 2.05) is 0 Å². The van der Waals surface area contributed by atoms with Gasteiger partial charge in [0.15, 0.2) is 0 Å². The monoisotopic (exact) mass is 222 g/mol. The number of nitrogens with one attached hydrogen (secondary N) is 1. The smallest absolute Gasteiger partial charge is 0.123 e. The molecule has 16 heavy (non-hydrogen) atoms. The van der Waals surface area contributed by atoms with Gasteiger partial charge in [-0.05, 0) is 56.6 Å². The van der Waals surface area contributed by atoms with Crippen molar-refractivity contribution in [2.24, 2.45) is 5.92 Å². The predicted molar refractivity (Wildman–Crippen MR) is 65.1 cm³/mol. The molecule has 0 radical (unpaired) electrons. The minimum absolute atomic E-state index is 0.178. The van der Waals surface area contributed by atoms with Gasteiger partial charge in [0.2, 0.25) is 0 Å². The van der Waals surface area contributed by atoms with Crippen LogP contribution < -0.4 is 5.32 Å². The number of hydrogen-bond donors (Lipinski definition) is 1. The zero-order valence-corrected chi connectivity index (χ0v) is 9.75. The van der Waals surface area contributed by atoms with Crippen LogP contribution in [-0.4, -0.2) is 31.6 Å². The van der Waals surface area contributed by atoms with Crippen LogP contribution in [0.5, 0.6) is 0 Å². The molecule has 1 unspecified atom stereocenters. The van der Waals surface area contributed by atoms with Crippen LogP contribution in [0.2, 0.25) is 0 Å². The van der Waals surface area contributed by atoms with Crippen LogP contribution in [0.3, 0.4) is 0 Å². The van der Waals surface area contributed by atoms with Gasteiger partial charge < -0.3 is 10.2 Å². The Balaban J connectivity index is 1.80. The van der Waals surface area contributed by atoms with Gasteiger partial charge >= 0.3 is 0 Å². The molecule has 1 atom stereocenters. The van der Waals surface area contributed by atoms with E-state index >= 15 is 0 Å². The third kappa shape index (κ3) is 3.20. The molecule has 1 N–H and O–H groups in total. The number of halogens is 1. The van der Waals surface area contributed by atoms with Gasteiger partial charge in [-0.3, -0.25) is 0 Å². The number of benzene rings is 1. The first-order valence-electron chi connectivity index (χ1n) is 5.92. The highest BCUT2D eigenvalue weighted by Gasteiger charge is 2.16. The maximum atomic E-state index is 12.7. The Bertz CT molecular complexity index is 323. The van der Waals surface area contributed by atoms with E-state index in [0.29, 0.717) is 5.92 Å². The maximum Gasteiger partial charge on any atom is 0.123 e. The van der Waals surface area contributed by atoms with E-state index in [1.54, 1.807) is 12.1 Å². The minimum Gasteiger partial charge on any atom is -0.385 e. The van der Waals surface area contributed by atoms with Crippen LogP contribution in [0.25, 0.3) is 0 Å². The van der Waals surface area contributed by atoms with E-state index in [1.165, 1.54) is 31.5 Å². The first-order valence-corrected chi connectivity index (χ1v) is 5.92. The Kier molecular flexibility index (Phi) is 3.78. The average molecular weight is 222 g/mol. The summed E-state index contributed by atoms with van der Waals surface area (Å²) in [6.07, 6.45) is 2.57. The highest BCUT2D eigenvalue weighted by atomic mass is 19.1. The first-order chi connectivity index (χ1) is 7.74. The summed E-state index contributed by atoms with van der Waals surface area (Å²) in [5, 5.41) is 3.37. The van der Waals surface area contributed by atoms with E-state index in [-0.39, 0.29) is 5.82 Å². The lowest BCUT2D eigenvalue weighted by molar-refractivity contribution is 0.217. The normalized spacial score (nSPS) is 22.0. The fraction of sp³-hybridized carbons (Fsp3) is 0.538. The number of anilines is 1. The van der Waals surface area contributed by atoms with E-state index in [0.717, 1.165) is 18.8 Å². The SMILES string of the molecule is CN1CCCC(CNc2ccc(F)cc2)C1. The number of piperidine rings is 1. The van der Waals surface area contributed by atoms with Gasteiger partial charge in [0.1, 0.15) is 5.82 Å². The van der Waals surface area contributed by atoms with Crippen molar-refractivity contribution >= 4 is 5.69 Å². The average Bonchev–Trinajstić information content (AvgIpc) is 2.28. The lowest BCUT2D eigenvalue weighted by Gasteiger charge is -2.29. The molecule has 0 aliphatic carbocycles. The molecule has 3 heteroatoms. The maximum absolute atomic E-state index is 12.7. The summed E-state index contributed by atoms with van der Waals surface area (Å²) in [6, 6.07) is 6.58. The molecule has 88 valence electrons. The van der Waals surface area contributed by atoms with Crippen molar-refractivity contribution in [3.63, 3.8) is 0 Å². The predicted octanol–water partition coefficient (Wildman–Crippen LogP) is 2.58. The summed E-state index contributed by atoms with van der Waals surface area (Å²) in [7, 11) is 2.17. The highest BCUT2D eigenvalue weighted by Crippen LogP contribution is 2.16. The molecule has 1 aromatic rings. The van der Waals surface area contributed by atoms with Gasteiger partial charge in [-0.25, -0.2) is 4.39 Å². The number of likely N-dealkylation sites (tertiary alicyclic amines) is 1. The second-order valence-electron chi connectivity index (χ2n) is 4.66. The molecule has 1 aliphatic heterocycles. The van der Waals surface area contributed by atoms with E-state index in [9.17, 15) is 4.39 Å². The molecular formula is C13H19FN2. The third-order valence-corrected chi connectivity index (χ3v) is 3.16. The van der Waals surface area contributed by atoms with Crippen molar-refractivity contribution in [3.8, 4) is 0 Å². The Hall–Kier alpha value is -1.09. The van der Waals surface area contributed by atoms with Crippen LogP contribution in [0.1, 0.15) is 12.8 Å². The molecule has 2 rings (SSSR count). The van der Waals surface area contributed by atoms with E-state index < -0.39 is 0 Å². The summed E-state index contributed by atoms with van der Waals surface area (Å²) < 4.78 is 12.7. The molecule has 0 saturated carbocycles. The quantitative estimate of drug-likeness (QED) is 0.845. The number of hydrogen-bond acceptors (Lipinski definition) is 2. The molecule has 1 saturated heterocycles. The topological polar surface area (TPSA) is 15.3 Å². The van der Waals surface area contributed by atoms with Gasteiger partial charge in [0, 0.05) is 18.8 Å². The van der Waals surface area contributed by atoms with E-state index in [2.05, 4.69) is 17.3 Å². The van der Waals surface area contributed by atoms with Crippen molar-refractivity contribution in [1.29, 1.82) is 0 Å². The summed E-state index contributed by atoms with van der Waals surface area (Å²) in [4.78, 5) is 2.38. The van der Waals surface area contributed by atoms with Crippen LogP contribution in [0, 0.1) is 11.7 Å². The van der Waals surface area contributed by atoms with Crippen molar-refractivity contribution < 1.29 is 4.39 Å². The lowest BCUT2D eigenvalue weighted by Crippen LogP contribution is -2.35. The molecule has 0 aromatic heterocycles. The number of nitrogens with zero attached hydrogens (tertiary/aromatic N) is 1. The van der Waals surface area contributed by atoms with Gasteiger partial charge in [-0.15, -0.1) is 0 Å². The Morgan fingerprint density at radius 2 is 2.12 bits per heavy atom. The van der Waals surface area contributed by atoms with Gasteiger partial charge in [0.25, 0.3) is 0 Å². The molecule has 2 nitrogen and oxygen atoms in total. The highest BCUT2D eigenvalue weighted by molar-refractivity contribution is 5.42. The lowest BCUT2D eigenvalue weighted by atomic mass is 9.98. The Morgan fingerprint density at radius 1 is 1.38 bits per heavy atom. The Morgan fingerprint density at radius 3 is 2.81 bits per heavy atom. The molecule has 1 heterocycles. The van der Waals surface area contributed by atoms with E-state index in [4.69, 9.17) is 0 Å². The molecule has 0 amide bonds. The van der Waals surface area contributed by atoms with Crippen LogP contribution in [0.15, 0.2) is 24.3 Å². The standard InChI is InChI=1S/C13H19FN2/c1-16-8-2-3-11(10-16)9-15-13-6-4-12(14)5-7-13/h4-7,11,15H,2-3,8-10H2,1H3. The zero-order chi connectivity index (χ0) is 11.4. The summed E-state index contributed by atoms with van der Waals surface area (Å²) >= 11 is 0. The van der Waals surface area contributed by atoms with Crippen molar-refractivity contribution in [3.05, 3.63) is 30.1 Å². The van der Waals surface area contributed by atoms with Crippen molar-refractivity contribution in [2.75, 3.05) is 32.0 Å². The summed E-state index contributed by atoms with van der Waals surface area (Å²) in [5.74, 6) is 0.534. The zero-order valence-electron chi connectivity index (χ0n) is 9.75. The largest absolute Gasteiger partial charge is 0.385 e. The molecule has 0 spiro atoms. The van der Waals surface area contributed by atoms with Gasteiger partial charge in [-0.1, -0.05) is 0 Å². The molecule has 1 fully saturated rings.